The highest BCUT2D eigenvalue weighted by atomic mass is 35.5. The van der Waals surface area contributed by atoms with Gasteiger partial charge in [0.2, 0.25) is 0 Å². The molecule has 0 fully saturated rings. The van der Waals surface area contributed by atoms with Gasteiger partial charge in [-0.15, -0.1) is 0 Å². The van der Waals surface area contributed by atoms with E-state index in [2.05, 4.69) is 10.4 Å². The van der Waals surface area contributed by atoms with E-state index in [1.807, 2.05) is 12.1 Å². The number of nitrogens with zero attached hydrogens (tertiary/aromatic N) is 2. The summed E-state index contributed by atoms with van der Waals surface area (Å²) in [6.45, 7) is 0. The molecule has 0 radical (unpaired) electrons. The number of nitrogens with one attached hydrogen (secondary N) is 1. The Hall–Kier alpha value is -1.55. The number of hydrogen-bond donors (Lipinski definition) is 1. The lowest BCUT2D eigenvalue weighted by molar-refractivity contribution is 0.622. The molecule has 0 atom stereocenters. The third-order valence-electron chi connectivity index (χ3n) is 1.65. The molecule has 0 spiro atoms. The summed E-state index contributed by atoms with van der Waals surface area (Å²) in [6, 6.07) is 4.85. The summed E-state index contributed by atoms with van der Waals surface area (Å²) in [6.07, 6.45) is 4.88. The van der Waals surface area contributed by atoms with E-state index in [-0.39, 0.29) is 10.8 Å². The quantitative estimate of drug-likeness (QED) is 0.828. The fourth-order valence-electron chi connectivity index (χ4n) is 1.03. The van der Waals surface area contributed by atoms with Crippen molar-refractivity contribution in [2.45, 2.75) is 0 Å². The summed E-state index contributed by atoms with van der Waals surface area (Å²) >= 11 is 5.56. The van der Waals surface area contributed by atoms with Crippen molar-refractivity contribution in [1.82, 2.24) is 9.66 Å². The number of halogens is 2. The summed E-state index contributed by atoms with van der Waals surface area (Å²) in [5, 5.41) is 0.278. The number of aromatic nitrogens is 2. The van der Waals surface area contributed by atoms with Gasteiger partial charge in [0.1, 0.15) is 0 Å². The number of rotatable bonds is 2. The van der Waals surface area contributed by atoms with Crippen molar-refractivity contribution in [1.29, 1.82) is 0 Å². The summed E-state index contributed by atoms with van der Waals surface area (Å²) in [7, 11) is 0. The first-order valence-electron chi connectivity index (χ1n) is 3.97. The summed E-state index contributed by atoms with van der Waals surface area (Å²) in [4.78, 5) is 3.81. The van der Waals surface area contributed by atoms with Crippen LogP contribution >= 0.6 is 11.6 Å². The molecule has 0 unspecified atom stereocenters. The van der Waals surface area contributed by atoms with E-state index in [0.29, 0.717) is 0 Å². The highest BCUT2D eigenvalue weighted by Crippen LogP contribution is 2.15. The van der Waals surface area contributed by atoms with E-state index >= 15 is 0 Å². The zero-order chi connectivity index (χ0) is 9.97. The molecular formula is C9H7ClFN3. The van der Waals surface area contributed by atoms with Gasteiger partial charge in [-0.2, -0.15) is 0 Å². The van der Waals surface area contributed by atoms with Gasteiger partial charge < -0.3 is 0 Å². The average molecular weight is 212 g/mol. The van der Waals surface area contributed by atoms with E-state index in [1.165, 1.54) is 12.3 Å². The first-order valence-corrected chi connectivity index (χ1v) is 4.34. The van der Waals surface area contributed by atoms with Crippen LogP contribution in [-0.2, 0) is 0 Å². The molecule has 3 nitrogen and oxygen atoms in total. The summed E-state index contributed by atoms with van der Waals surface area (Å²) in [5.74, 6) is -0.336. The van der Waals surface area contributed by atoms with Gasteiger partial charge in [-0.3, -0.25) is 10.1 Å². The maximum Gasteiger partial charge on any atom is 0.181 e. The minimum atomic E-state index is -0.480. The van der Waals surface area contributed by atoms with E-state index in [4.69, 9.17) is 11.6 Å². The second-order valence-electron chi connectivity index (χ2n) is 2.69. The molecule has 0 aliphatic heterocycles. The van der Waals surface area contributed by atoms with Crippen LogP contribution in [0.1, 0.15) is 0 Å². The SMILES string of the molecule is Fc1cc(Cl)cnc1Nn1cccc1. The van der Waals surface area contributed by atoms with Crippen molar-refractivity contribution in [3.05, 3.63) is 47.6 Å². The van der Waals surface area contributed by atoms with Crippen LogP contribution in [0.25, 0.3) is 0 Å². The van der Waals surface area contributed by atoms with Gasteiger partial charge in [-0.05, 0) is 18.2 Å². The van der Waals surface area contributed by atoms with Gasteiger partial charge in [0.25, 0.3) is 0 Å². The Labute approximate surface area is 85.1 Å². The molecule has 0 aliphatic carbocycles. The lowest BCUT2D eigenvalue weighted by atomic mass is 10.4. The van der Waals surface area contributed by atoms with Gasteiger partial charge in [0, 0.05) is 18.6 Å². The van der Waals surface area contributed by atoms with Crippen LogP contribution in [0.3, 0.4) is 0 Å². The topological polar surface area (TPSA) is 29.9 Å². The van der Waals surface area contributed by atoms with Crippen molar-refractivity contribution in [3.8, 4) is 0 Å². The molecule has 0 saturated carbocycles. The first kappa shape index (κ1) is 9.02. The Bertz CT molecular complexity index is 428. The summed E-state index contributed by atoms with van der Waals surface area (Å²) < 4.78 is 14.8. The molecule has 14 heavy (non-hydrogen) atoms. The third kappa shape index (κ3) is 1.85. The Morgan fingerprint density at radius 2 is 2.07 bits per heavy atom. The van der Waals surface area contributed by atoms with Gasteiger partial charge >= 0.3 is 0 Å². The van der Waals surface area contributed by atoms with Gasteiger partial charge in [0.05, 0.1) is 5.02 Å². The minimum absolute atomic E-state index is 0.144. The van der Waals surface area contributed by atoms with Crippen molar-refractivity contribution in [3.63, 3.8) is 0 Å². The van der Waals surface area contributed by atoms with E-state index in [1.54, 1.807) is 17.1 Å². The van der Waals surface area contributed by atoms with Crippen molar-refractivity contribution >= 4 is 17.4 Å². The Balaban J connectivity index is 2.25. The number of pyridine rings is 1. The Kier molecular flexibility index (Phi) is 2.37. The normalized spacial score (nSPS) is 10.1. The lowest BCUT2D eigenvalue weighted by Crippen LogP contribution is -2.08. The Morgan fingerprint density at radius 3 is 2.71 bits per heavy atom. The predicted octanol–water partition coefficient (Wildman–Crippen LogP) is 2.55. The molecule has 5 heteroatoms. The molecule has 1 N–H and O–H groups in total. The zero-order valence-corrected chi connectivity index (χ0v) is 7.87. The van der Waals surface area contributed by atoms with Crippen LogP contribution in [0.2, 0.25) is 5.02 Å². The van der Waals surface area contributed by atoms with Crippen molar-refractivity contribution in [2.75, 3.05) is 5.43 Å². The van der Waals surface area contributed by atoms with Crippen LogP contribution in [0.4, 0.5) is 10.2 Å². The van der Waals surface area contributed by atoms with Crippen LogP contribution in [-0.4, -0.2) is 9.66 Å². The molecular weight excluding hydrogens is 205 g/mol. The molecule has 0 saturated heterocycles. The molecule has 2 rings (SSSR count). The van der Waals surface area contributed by atoms with E-state index in [9.17, 15) is 4.39 Å². The number of anilines is 1. The fraction of sp³-hybridized carbons (Fsp3) is 0. The largest absolute Gasteiger partial charge is 0.276 e. The van der Waals surface area contributed by atoms with Crippen LogP contribution < -0.4 is 5.43 Å². The molecule has 72 valence electrons. The van der Waals surface area contributed by atoms with E-state index in [0.717, 1.165) is 0 Å². The van der Waals surface area contributed by atoms with Gasteiger partial charge in [-0.1, -0.05) is 11.6 Å². The van der Waals surface area contributed by atoms with Gasteiger partial charge in [0.15, 0.2) is 11.6 Å². The third-order valence-corrected chi connectivity index (χ3v) is 1.85. The second-order valence-corrected chi connectivity index (χ2v) is 3.12. The smallest absolute Gasteiger partial charge is 0.181 e. The fourth-order valence-corrected chi connectivity index (χ4v) is 1.17. The maximum absolute atomic E-state index is 13.2. The minimum Gasteiger partial charge on any atom is -0.276 e. The molecule has 2 aromatic heterocycles. The van der Waals surface area contributed by atoms with Crippen molar-refractivity contribution < 1.29 is 4.39 Å². The molecule has 0 aliphatic rings. The first-order chi connectivity index (χ1) is 6.75. The lowest BCUT2D eigenvalue weighted by Gasteiger charge is -2.06. The maximum atomic E-state index is 13.2. The van der Waals surface area contributed by atoms with E-state index < -0.39 is 5.82 Å². The zero-order valence-electron chi connectivity index (χ0n) is 7.11. The molecule has 2 heterocycles. The standard InChI is InChI=1S/C9H7ClFN3/c10-7-5-8(11)9(12-6-7)13-14-3-1-2-4-14/h1-6H,(H,12,13). The molecule has 0 amide bonds. The molecule has 0 aromatic carbocycles. The molecule has 0 bridgehead atoms. The van der Waals surface area contributed by atoms with Crippen molar-refractivity contribution in [2.24, 2.45) is 0 Å². The van der Waals surface area contributed by atoms with Crippen LogP contribution in [0, 0.1) is 5.82 Å². The second kappa shape index (κ2) is 3.67. The van der Waals surface area contributed by atoms with Crippen LogP contribution in [0.5, 0.6) is 0 Å². The summed E-state index contributed by atoms with van der Waals surface area (Å²) in [5.41, 5.74) is 2.75. The monoisotopic (exact) mass is 211 g/mol. The van der Waals surface area contributed by atoms with Crippen LogP contribution in [0.15, 0.2) is 36.8 Å². The average Bonchev–Trinajstić information content (AvgIpc) is 2.62. The highest BCUT2D eigenvalue weighted by Gasteiger charge is 2.03. The van der Waals surface area contributed by atoms with Gasteiger partial charge in [-0.25, -0.2) is 9.37 Å². The highest BCUT2D eigenvalue weighted by molar-refractivity contribution is 6.30. The molecule has 2 aromatic rings. The predicted molar refractivity (Wildman–Crippen MR) is 52.7 cm³/mol. The Morgan fingerprint density at radius 1 is 1.36 bits per heavy atom. The number of hydrogen-bond acceptors (Lipinski definition) is 2.